The van der Waals surface area contributed by atoms with Crippen LogP contribution < -0.4 is 10.4 Å². The van der Waals surface area contributed by atoms with E-state index in [1.807, 2.05) is 31.2 Å². The fourth-order valence-corrected chi connectivity index (χ4v) is 2.97. The molecule has 0 bridgehead atoms. The van der Waals surface area contributed by atoms with Gasteiger partial charge < -0.3 is 13.9 Å². The first-order valence-corrected chi connectivity index (χ1v) is 9.01. The van der Waals surface area contributed by atoms with Gasteiger partial charge in [0.05, 0.1) is 5.56 Å². The minimum Gasteiger partial charge on any atom is -0.482 e. The highest BCUT2D eigenvalue weighted by molar-refractivity contribution is 9.10. The maximum Gasteiger partial charge on any atom is 0.344 e. The Bertz CT molecular complexity index is 1050. The maximum absolute atomic E-state index is 12.5. The molecule has 138 valence electrons. The van der Waals surface area contributed by atoms with Crippen LogP contribution in [0.1, 0.15) is 5.56 Å². The van der Waals surface area contributed by atoms with E-state index in [1.165, 1.54) is 6.08 Å². The Labute approximate surface area is 164 Å². The summed E-state index contributed by atoms with van der Waals surface area (Å²) in [6, 6.07) is 12.5. The summed E-state index contributed by atoms with van der Waals surface area (Å²) in [6.45, 7) is 5.27. The van der Waals surface area contributed by atoms with Crippen LogP contribution in [-0.2, 0) is 9.53 Å². The summed E-state index contributed by atoms with van der Waals surface area (Å²) in [6.07, 6.45) is 1.49. The number of ether oxygens (including phenoxy) is 2. The number of aryl methyl sites for hydroxylation is 1. The number of carbonyl (C=O) groups excluding carboxylic acids is 1. The van der Waals surface area contributed by atoms with E-state index >= 15 is 0 Å². The molecule has 0 fully saturated rings. The van der Waals surface area contributed by atoms with Gasteiger partial charge in [0.15, 0.2) is 6.61 Å². The van der Waals surface area contributed by atoms with Crippen LogP contribution in [-0.4, -0.2) is 19.2 Å². The van der Waals surface area contributed by atoms with Gasteiger partial charge in [0.1, 0.15) is 17.9 Å². The lowest BCUT2D eigenvalue weighted by atomic mass is 9.99. The van der Waals surface area contributed by atoms with E-state index in [0.29, 0.717) is 16.9 Å². The van der Waals surface area contributed by atoms with Gasteiger partial charge in [-0.25, -0.2) is 9.59 Å². The van der Waals surface area contributed by atoms with E-state index in [-0.39, 0.29) is 13.2 Å². The SMILES string of the molecule is C=CCOC(=O)COc1ccc2oc(=O)c(-c3ccc(Br)cc3)c(C)c2c1. The lowest BCUT2D eigenvalue weighted by Gasteiger charge is -2.10. The van der Waals surface area contributed by atoms with Gasteiger partial charge in [-0.1, -0.05) is 40.7 Å². The molecule has 6 heteroatoms. The largest absolute Gasteiger partial charge is 0.482 e. The van der Waals surface area contributed by atoms with Crippen molar-refractivity contribution in [2.45, 2.75) is 6.92 Å². The third-order valence-corrected chi connectivity index (χ3v) is 4.52. The Morgan fingerprint density at radius 1 is 1.22 bits per heavy atom. The zero-order valence-corrected chi connectivity index (χ0v) is 16.2. The van der Waals surface area contributed by atoms with Crippen LogP contribution in [0.25, 0.3) is 22.1 Å². The molecule has 0 aliphatic heterocycles. The molecule has 5 nitrogen and oxygen atoms in total. The number of rotatable bonds is 6. The molecule has 3 rings (SSSR count). The maximum atomic E-state index is 12.5. The quantitative estimate of drug-likeness (QED) is 0.325. The number of hydrogen-bond acceptors (Lipinski definition) is 5. The normalized spacial score (nSPS) is 10.6. The summed E-state index contributed by atoms with van der Waals surface area (Å²) >= 11 is 3.39. The van der Waals surface area contributed by atoms with Crippen LogP contribution in [0, 0.1) is 6.92 Å². The highest BCUT2D eigenvalue weighted by Gasteiger charge is 2.14. The molecule has 0 saturated carbocycles. The van der Waals surface area contributed by atoms with E-state index in [0.717, 1.165) is 21.0 Å². The van der Waals surface area contributed by atoms with E-state index < -0.39 is 11.6 Å². The van der Waals surface area contributed by atoms with Gasteiger partial charge in [0.25, 0.3) is 0 Å². The molecular formula is C21H17BrO5. The minimum atomic E-state index is -0.484. The van der Waals surface area contributed by atoms with E-state index in [9.17, 15) is 9.59 Å². The zero-order chi connectivity index (χ0) is 19.4. The Kier molecular flexibility index (Phi) is 5.76. The van der Waals surface area contributed by atoms with Crippen LogP contribution in [0.2, 0.25) is 0 Å². The molecule has 27 heavy (non-hydrogen) atoms. The second-order valence-corrected chi connectivity index (χ2v) is 6.73. The van der Waals surface area contributed by atoms with Gasteiger partial charge in [-0.15, -0.1) is 0 Å². The Hall–Kier alpha value is -2.86. The van der Waals surface area contributed by atoms with Crippen molar-refractivity contribution >= 4 is 32.9 Å². The van der Waals surface area contributed by atoms with Crippen LogP contribution in [0.4, 0.5) is 0 Å². The fraction of sp³-hybridized carbons (Fsp3) is 0.143. The first kappa shape index (κ1) is 18.9. The first-order valence-electron chi connectivity index (χ1n) is 8.22. The number of benzene rings is 2. The lowest BCUT2D eigenvalue weighted by Crippen LogP contribution is -2.14. The molecule has 0 saturated heterocycles. The summed E-state index contributed by atoms with van der Waals surface area (Å²) in [7, 11) is 0. The molecule has 0 atom stereocenters. The van der Waals surface area contributed by atoms with E-state index in [4.69, 9.17) is 13.9 Å². The van der Waals surface area contributed by atoms with Crippen molar-refractivity contribution in [3.8, 4) is 16.9 Å². The van der Waals surface area contributed by atoms with Crippen molar-refractivity contribution in [3.63, 3.8) is 0 Å². The molecule has 1 heterocycles. The van der Waals surface area contributed by atoms with Crippen molar-refractivity contribution in [1.82, 2.24) is 0 Å². The van der Waals surface area contributed by atoms with Gasteiger partial charge in [-0.05, 0) is 48.4 Å². The van der Waals surface area contributed by atoms with Crippen LogP contribution >= 0.6 is 15.9 Å². The van der Waals surface area contributed by atoms with E-state index in [1.54, 1.807) is 18.2 Å². The van der Waals surface area contributed by atoms with Crippen LogP contribution in [0.5, 0.6) is 5.75 Å². The molecule has 0 unspecified atom stereocenters. The average molecular weight is 429 g/mol. The predicted octanol–water partition coefficient (Wildman–Crippen LogP) is 4.64. The highest BCUT2D eigenvalue weighted by atomic mass is 79.9. The van der Waals surface area contributed by atoms with Gasteiger partial charge >= 0.3 is 11.6 Å². The first-order chi connectivity index (χ1) is 13.0. The van der Waals surface area contributed by atoms with Gasteiger partial charge in [0, 0.05) is 9.86 Å². The molecule has 0 amide bonds. The molecule has 0 spiro atoms. The van der Waals surface area contributed by atoms with Crippen molar-refractivity contribution in [2.24, 2.45) is 0 Å². The second-order valence-electron chi connectivity index (χ2n) is 5.81. The summed E-state index contributed by atoms with van der Waals surface area (Å²) in [4.78, 5) is 24.0. The third kappa shape index (κ3) is 4.28. The summed E-state index contributed by atoms with van der Waals surface area (Å²) < 4.78 is 16.8. The summed E-state index contributed by atoms with van der Waals surface area (Å²) in [5, 5.41) is 0.740. The number of esters is 1. The molecule has 2 aromatic carbocycles. The Morgan fingerprint density at radius 2 is 1.96 bits per heavy atom. The third-order valence-electron chi connectivity index (χ3n) is 3.99. The molecular weight excluding hydrogens is 412 g/mol. The Balaban J connectivity index is 1.95. The molecule has 0 aliphatic carbocycles. The second kappa shape index (κ2) is 8.22. The zero-order valence-electron chi connectivity index (χ0n) is 14.7. The van der Waals surface area contributed by atoms with Gasteiger partial charge in [-0.3, -0.25) is 0 Å². The standard InChI is InChI=1S/C21H17BrO5/c1-3-10-25-19(23)12-26-16-8-9-18-17(11-16)13(2)20(21(24)27-18)14-4-6-15(22)7-5-14/h3-9,11H,1,10,12H2,2H3. The number of hydrogen-bond donors (Lipinski definition) is 0. The summed E-state index contributed by atoms with van der Waals surface area (Å²) in [5.41, 5.74) is 2.11. The summed E-state index contributed by atoms with van der Waals surface area (Å²) in [5.74, 6) is -0.00128. The topological polar surface area (TPSA) is 65.7 Å². The number of fused-ring (bicyclic) bond motifs is 1. The average Bonchev–Trinajstić information content (AvgIpc) is 2.66. The van der Waals surface area contributed by atoms with Crippen molar-refractivity contribution in [3.05, 3.63) is 75.6 Å². The number of carbonyl (C=O) groups is 1. The smallest absolute Gasteiger partial charge is 0.344 e. The van der Waals surface area contributed by atoms with Crippen molar-refractivity contribution < 1.29 is 18.7 Å². The molecule has 3 aromatic rings. The highest BCUT2D eigenvalue weighted by Crippen LogP contribution is 2.29. The van der Waals surface area contributed by atoms with Gasteiger partial charge in [0.2, 0.25) is 0 Å². The predicted molar refractivity (Wildman–Crippen MR) is 107 cm³/mol. The van der Waals surface area contributed by atoms with Crippen LogP contribution in [0.15, 0.2) is 68.8 Å². The molecule has 0 radical (unpaired) electrons. The molecule has 0 N–H and O–H groups in total. The van der Waals surface area contributed by atoms with E-state index in [2.05, 4.69) is 22.5 Å². The van der Waals surface area contributed by atoms with Crippen molar-refractivity contribution in [1.29, 1.82) is 0 Å². The van der Waals surface area contributed by atoms with Crippen LogP contribution in [0.3, 0.4) is 0 Å². The fourth-order valence-electron chi connectivity index (χ4n) is 2.71. The molecule has 0 aliphatic rings. The Morgan fingerprint density at radius 3 is 2.67 bits per heavy atom. The minimum absolute atomic E-state index is 0.140. The lowest BCUT2D eigenvalue weighted by molar-refractivity contribution is -0.144. The van der Waals surface area contributed by atoms with Crippen molar-refractivity contribution in [2.75, 3.05) is 13.2 Å². The number of halogens is 1. The van der Waals surface area contributed by atoms with Gasteiger partial charge in [-0.2, -0.15) is 0 Å². The monoisotopic (exact) mass is 428 g/mol. The molecule has 1 aromatic heterocycles.